The first-order chi connectivity index (χ1) is 8.99. The minimum atomic E-state index is 0.206. The van der Waals surface area contributed by atoms with E-state index in [0.717, 1.165) is 5.82 Å². The van der Waals surface area contributed by atoms with Gasteiger partial charge in [-0.25, -0.2) is 4.98 Å². The van der Waals surface area contributed by atoms with E-state index in [1.165, 1.54) is 5.56 Å². The minimum absolute atomic E-state index is 0.206. The number of aryl methyl sites for hydroxylation is 1. The summed E-state index contributed by atoms with van der Waals surface area (Å²) in [4.78, 5) is 4.38. The lowest BCUT2D eigenvalue weighted by atomic mass is 10.1. The second-order valence-corrected chi connectivity index (χ2v) is 5.35. The van der Waals surface area contributed by atoms with Crippen LogP contribution in [0.5, 0.6) is 0 Å². The monoisotopic (exact) mass is 261 g/mol. The summed E-state index contributed by atoms with van der Waals surface area (Å²) in [6.07, 6.45) is 7.83. The Balaban J connectivity index is 2.04. The van der Waals surface area contributed by atoms with Crippen molar-refractivity contribution in [1.29, 1.82) is 0 Å². The molecule has 0 aliphatic heterocycles. The summed E-state index contributed by atoms with van der Waals surface area (Å²) >= 11 is 0. The molecule has 19 heavy (non-hydrogen) atoms. The zero-order valence-corrected chi connectivity index (χ0v) is 12.3. The first-order valence-corrected chi connectivity index (χ1v) is 6.76. The molecule has 0 fully saturated rings. The summed E-state index contributed by atoms with van der Waals surface area (Å²) in [5.74, 6) is 1.04. The molecule has 2 atom stereocenters. The lowest BCUT2D eigenvalue weighted by Gasteiger charge is -2.19. The predicted molar refractivity (Wildman–Crippen MR) is 75.8 cm³/mol. The molecule has 104 valence electrons. The number of aromatic nitrogens is 4. The molecule has 0 radical (unpaired) electrons. The molecule has 1 N–H and O–H groups in total. The third-order valence-electron chi connectivity index (χ3n) is 3.40. The van der Waals surface area contributed by atoms with Gasteiger partial charge >= 0.3 is 0 Å². The van der Waals surface area contributed by atoms with Crippen LogP contribution in [-0.4, -0.2) is 19.3 Å². The van der Waals surface area contributed by atoms with Crippen LogP contribution in [0.15, 0.2) is 24.8 Å². The summed E-state index contributed by atoms with van der Waals surface area (Å²) < 4.78 is 4.03. The maximum absolute atomic E-state index is 4.38. The number of rotatable bonds is 5. The molecule has 2 unspecified atom stereocenters. The Labute approximate surface area is 114 Å². The van der Waals surface area contributed by atoms with Crippen molar-refractivity contribution in [2.24, 2.45) is 7.05 Å². The van der Waals surface area contributed by atoms with E-state index < -0.39 is 0 Å². The first-order valence-electron chi connectivity index (χ1n) is 6.76. The molecule has 5 nitrogen and oxygen atoms in total. The molecule has 5 heteroatoms. The highest BCUT2D eigenvalue weighted by molar-refractivity contribution is 5.11. The molecule has 0 amide bonds. The third kappa shape index (κ3) is 3.04. The number of hydrogen-bond acceptors (Lipinski definition) is 3. The maximum Gasteiger partial charge on any atom is 0.125 e. The van der Waals surface area contributed by atoms with Gasteiger partial charge < -0.3 is 9.88 Å². The standard InChI is InChI=1S/C14H23N5/c1-10(2)19-9-13(8-16-19)11(3)17-12(4)14-15-6-7-18(14)5/h6-12,17H,1-5H3. The third-order valence-corrected chi connectivity index (χ3v) is 3.40. The van der Waals surface area contributed by atoms with Crippen molar-refractivity contribution in [2.45, 2.75) is 45.8 Å². The average molecular weight is 261 g/mol. The van der Waals surface area contributed by atoms with Crippen LogP contribution in [0.25, 0.3) is 0 Å². The fraction of sp³-hybridized carbons (Fsp3) is 0.571. The molecule has 0 spiro atoms. The second-order valence-electron chi connectivity index (χ2n) is 5.35. The van der Waals surface area contributed by atoms with Crippen LogP contribution in [0.3, 0.4) is 0 Å². The van der Waals surface area contributed by atoms with Crippen molar-refractivity contribution in [3.8, 4) is 0 Å². The van der Waals surface area contributed by atoms with Crippen molar-refractivity contribution in [1.82, 2.24) is 24.6 Å². The van der Waals surface area contributed by atoms with Gasteiger partial charge in [0.25, 0.3) is 0 Å². The van der Waals surface area contributed by atoms with Gasteiger partial charge in [-0.3, -0.25) is 4.68 Å². The van der Waals surface area contributed by atoms with Crippen molar-refractivity contribution in [3.05, 3.63) is 36.2 Å². The molecule has 2 heterocycles. The van der Waals surface area contributed by atoms with Gasteiger partial charge in [0.15, 0.2) is 0 Å². The van der Waals surface area contributed by atoms with Crippen molar-refractivity contribution < 1.29 is 0 Å². The maximum atomic E-state index is 4.38. The Hall–Kier alpha value is -1.62. The molecule has 0 saturated heterocycles. The fourth-order valence-corrected chi connectivity index (χ4v) is 2.20. The van der Waals surface area contributed by atoms with Crippen molar-refractivity contribution in [3.63, 3.8) is 0 Å². The van der Waals surface area contributed by atoms with Gasteiger partial charge in [0.05, 0.1) is 12.2 Å². The van der Waals surface area contributed by atoms with E-state index in [1.807, 2.05) is 34.9 Å². The van der Waals surface area contributed by atoms with Crippen molar-refractivity contribution in [2.75, 3.05) is 0 Å². The molecule has 0 saturated carbocycles. The van der Waals surface area contributed by atoms with Crippen molar-refractivity contribution >= 4 is 0 Å². The highest BCUT2D eigenvalue weighted by Gasteiger charge is 2.15. The topological polar surface area (TPSA) is 47.7 Å². The SMILES string of the molecule is CC(NC(C)c1nccn1C)c1cnn(C(C)C)c1. The molecule has 0 aromatic carbocycles. The Morgan fingerprint density at radius 1 is 1.16 bits per heavy atom. The van der Waals surface area contributed by atoms with Gasteiger partial charge in [0.2, 0.25) is 0 Å². The van der Waals surface area contributed by atoms with E-state index in [4.69, 9.17) is 0 Å². The summed E-state index contributed by atoms with van der Waals surface area (Å²) in [6, 6.07) is 0.851. The highest BCUT2D eigenvalue weighted by atomic mass is 15.3. The number of hydrogen-bond donors (Lipinski definition) is 1. The Kier molecular flexibility index (Phi) is 4.04. The molecular formula is C14H23N5. The normalized spacial score (nSPS) is 14.8. The molecule has 2 aromatic heterocycles. The van der Waals surface area contributed by atoms with Gasteiger partial charge in [-0.2, -0.15) is 5.10 Å². The number of nitrogens with zero attached hydrogens (tertiary/aromatic N) is 4. The molecular weight excluding hydrogens is 238 g/mol. The van der Waals surface area contributed by atoms with Gasteiger partial charge in [-0.15, -0.1) is 0 Å². The van der Waals surface area contributed by atoms with Crippen LogP contribution in [0, 0.1) is 0 Å². The van der Waals surface area contributed by atoms with Crippen LogP contribution in [-0.2, 0) is 7.05 Å². The lowest BCUT2D eigenvalue weighted by Crippen LogP contribution is -2.24. The largest absolute Gasteiger partial charge is 0.337 e. The average Bonchev–Trinajstić information content (AvgIpc) is 2.96. The lowest BCUT2D eigenvalue weighted by molar-refractivity contribution is 0.465. The van der Waals surface area contributed by atoms with Gasteiger partial charge in [-0.1, -0.05) is 0 Å². The smallest absolute Gasteiger partial charge is 0.125 e. The number of nitrogens with one attached hydrogen (secondary N) is 1. The molecule has 0 bridgehead atoms. The zero-order valence-electron chi connectivity index (χ0n) is 12.3. The number of imidazole rings is 1. The molecule has 0 aliphatic rings. The van der Waals surface area contributed by atoms with Crippen LogP contribution >= 0.6 is 0 Å². The van der Waals surface area contributed by atoms with Crippen LogP contribution in [0.4, 0.5) is 0 Å². The summed E-state index contributed by atoms with van der Waals surface area (Å²) in [5.41, 5.74) is 1.20. The zero-order chi connectivity index (χ0) is 14.0. The Morgan fingerprint density at radius 2 is 1.89 bits per heavy atom. The fourth-order valence-electron chi connectivity index (χ4n) is 2.20. The minimum Gasteiger partial charge on any atom is -0.337 e. The molecule has 2 aromatic rings. The van der Waals surface area contributed by atoms with Crippen LogP contribution in [0.2, 0.25) is 0 Å². The van der Waals surface area contributed by atoms with Crippen LogP contribution < -0.4 is 5.32 Å². The predicted octanol–water partition coefficient (Wildman–Crippen LogP) is 2.61. The second kappa shape index (κ2) is 5.57. The van der Waals surface area contributed by atoms with Crippen LogP contribution in [0.1, 0.15) is 57.2 Å². The Morgan fingerprint density at radius 3 is 2.42 bits per heavy atom. The van der Waals surface area contributed by atoms with E-state index in [9.17, 15) is 0 Å². The van der Waals surface area contributed by atoms with Gasteiger partial charge in [-0.05, 0) is 27.7 Å². The van der Waals surface area contributed by atoms with E-state index in [2.05, 4.69) is 49.3 Å². The summed E-state index contributed by atoms with van der Waals surface area (Å²) in [6.45, 7) is 8.55. The van der Waals surface area contributed by atoms with E-state index in [1.54, 1.807) is 0 Å². The van der Waals surface area contributed by atoms with Gasteiger partial charge in [0, 0.05) is 43.3 Å². The van der Waals surface area contributed by atoms with E-state index >= 15 is 0 Å². The summed E-state index contributed by atoms with van der Waals surface area (Å²) in [5, 5.41) is 7.94. The Bertz CT molecular complexity index is 525. The summed E-state index contributed by atoms with van der Waals surface area (Å²) in [7, 11) is 2.02. The quantitative estimate of drug-likeness (QED) is 0.900. The molecule has 0 aliphatic carbocycles. The van der Waals surface area contributed by atoms with E-state index in [0.29, 0.717) is 6.04 Å². The van der Waals surface area contributed by atoms with Gasteiger partial charge in [0.1, 0.15) is 5.82 Å². The highest BCUT2D eigenvalue weighted by Crippen LogP contribution is 2.18. The molecule has 2 rings (SSSR count). The van der Waals surface area contributed by atoms with E-state index in [-0.39, 0.29) is 12.1 Å². The first kappa shape index (κ1) is 13.8.